The van der Waals surface area contributed by atoms with E-state index in [2.05, 4.69) is 24.8 Å². The number of hydrogen-bond donors (Lipinski definition) is 1. The Balaban J connectivity index is 1.29. The summed E-state index contributed by atoms with van der Waals surface area (Å²) in [6.45, 7) is 4.34. The molecule has 0 saturated carbocycles. The largest absolute Gasteiger partial charge is 0.355 e. The second-order valence-corrected chi connectivity index (χ2v) is 9.22. The third kappa shape index (κ3) is 3.57. The molecule has 1 aromatic carbocycles. The molecule has 1 atom stereocenters. The number of likely N-dealkylation sites (tertiary alicyclic amines) is 1. The van der Waals surface area contributed by atoms with Crippen LogP contribution >= 0.6 is 0 Å². The molecule has 2 aliphatic rings. The van der Waals surface area contributed by atoms with Gasteiger partial charge in [-0.1, -0.05) is 12.1 Å². The molecule has 2 fully saturated rings. The van der Waals surface area contributed by atoms with Gasteiger partial charge in [0.2, 0.25) is 5.82 Å². The molecule has 5 heterocycles. The fourth-order valence-corrected chi connectivity index (χ4v) is 5.43. The number of alkyl halides is 1. The highest BCUT2D eigenvalue weighted by atomic mass is 19.1. The molecule has 2 saturated heterocycles. The van der Waals surface area contributed by atoms with E-state index in [1.54, 1.807) is 4.57 Å². The second-order valence-electron chi connectivity index (χ2n) is 9.22. The normalized spacial score (nSPS) is 19.3. The quantitative estimate of drug-likeness (QED) is 0.483. The van der Waals surface area contributed by atoms with E-state index in [1.807, 2.05) is 35.8 Å². The SMILES string of the molecule is CCn1c(C(=O)N2CC[C@@H](F)C2)nc2c(N3CCC(n4c(=O)[nH]c5ccccc54)CC3)ncnc21. The van der Waals surface area contributed by atoms with E-state index in [4.69, 9.17) is 0 Å². The van der Waals surface area contributed by atoms with Gasteiger partial charge in [0.1, 0.15) is 12.5 Å². The average molecular weight is 479 g/mol. The van der Waals surface area contributed by atoms with Crippen molar-refractivity contribution in [1.82, 2.24) is 34.0 Å². The number of aromatic nitrogens is 6. The number of amides is 1. The number of hydrogen-bond acceptors (Lipinski definition) is 6. The Hall–Kier alpha value is -3.76. The van der Waals surface area contributed by atoms with Crippen molar-refractivity contribution in [3.05, 3.63) is 46.9 Å². The lowest BCUT2D eigenvalue weighted by atomic mass is 10.0. The van der Waals surface area contributed by atoms with Crippen molar-refractivity contribution in [2.75, 3.05) is 31.1 Å². The van der Waals surface area contributed by atoms with Crippen molar-refractivity contribution >= 4 is 33.9 Å². The molecule has 10 nitrogen and oxygen atoms in total. The number of benzene rings is 1. The minimum absolute atomic E-state index is 0.0846. The first kappa shape index (κ1) is 21.8. The number of halogens is 1. The number of nitrogens with zero attached hydrogens (tertiary/aromatic N) is 7. The van der Waals surface area contributed by atoms with Crippen LogP contribution in [-0.4, -0.2) is 72.2 Å². The van der Waals surface area contributed by atoms with Crippen molar-refractivity contribution in [1.29, 1.82) is 0 Å². The maximum absolute atomic E-state index is 13.7. The Labute approximate surface area is 200 Å². The van der Waals surface area contributed by atoms with Crippen LogP contribution in [0.4, 0.5) is 10.2 Å². The van der Waals surface area contributed by atoms with E-state index in [0.29, 0.717) is 49.6 Å². The lowest BCUT2D eigenvalue weighted by Crippen LogP contribution is -2.37. The molecule has 1 amide bonds. The van der Waals surface area contributed by atoms with Gasteiger partial charge in [0.05, 0.1) is 17.6 Å². The van der Waals surface area contributed by atoms with Crippen LogP contribution in [0.5, 0.6) is 0 Å². The van der Waals surface area contributed by atoms with Crippen LogP contribution in [-0.2, 0) is 6.54 Å². The molecule has 0 aliphatic carbocycles. The third-order valence-electron chi connectivity index (χ3n) is 7.19. The predicted molar refractivity (Wildman–Crippen MR) is 129 cm³/mol. The van der Waals surface area contributed by atoms with E-state index >= 15 is 0 Å². The zero-order valence-corrected chi connectivity index (χ0v) is 19.5. The molecule has 182 valence electrons. The molecule has 3 aromatic heterocycles. The van der Waals surface area contributed by atoms with Crippen molar-refractivity contribution in [2.24, 2.45) is 0 Å². The molecule has 4 aromatic rings. The van der Waals surface area contributed by atoms with E-state index in [0.717, 1.165) is 23.9 Å². The molecule has 35 heavy (non-hydrogen) atoms. The fraction of sp³-hybridized carbons (Fsp3) is 0.458. The number of aryl methyl sites for hydroxylation is 1. The Bertz CT molecular complexity index is 1470. The van der Waals surface area contributed by atoms with Gasteiger partial charge in [-0.15, -0.1) is 0 Å². The Kier molecular flexibility index (Phi) is 5.27. The van der Waals surface area contributed by atoms with Gasteiger partial charge in [-0.2, -0.15) is 0 Å². The number of carbonyl (C=O) groups is 1. The number of aromatic amines is 1. The number of piperidine rings is 1. The number of para-hydroxylation sites is 2. The van der Waals surface area contributed by atoms with Crippen LogP contribution in [0.15, 0.2) is 35.4 Å². The standard InChI is InChI=1S/C24H27FN8O2/c1-2-32-21-19(29-22(32)23(34)31-10-7-15(25)13-31)20(26-14-27-21)30-11-8-16(9-12-30)33-18-6-4-3-5-17(18)28-24(33)35/h3-6,14-16H,2,7-13H2,1H3,(H,28,35)/t15-/m1/s1. The van der Waals surface area contributed by atoms with Crippen LogP contribution in [0.25, 0.3) is 22.2 Å². The second kappa shape index (κ2) is 8.47. The lowest BCUT2D eigenvalue weighted by Gasteiger charge is -2.33. The number of H-pyrrole nitrogens is 1. The molecular formula is C24H27FN8O2. The summed E-state index contributed by atoms with van der Waals surface area (Å²) in [6.07, 6.45) is 2.43. The Morgan fingerprint density at radius 1 is 1.14 bits per heavy atom. The van der Waals surface area contributed by atoms with Crippen LogP contribution in [0.3, 0.4) is 0 Å². The molecule has 1 N–H and O–H groups in total. The van der Waals surface area contributed by atoms with Gasteiger partial charge in [0, 0.05) is 32.2 Å². The average Bonchev–Trinajstić information content (AvgIpc) is 3.57. The molecule has 0 unspecified atom stereocenters. The molecule has 11 heteroatoms. The first-order chi connectivity index (χ1) is 17.0. The van der Waals surface area contributed by atoms with Gasteiger partial charge in [-0.05, 0) is 38.3 Å². The highest BCUT2D eigenvalue weighted by Crippen LogP contribution is 2.31. The van der Waals surface area contributed by atoms with Gasteiger partial charge < -0.3 is 19.4 Å². The van der Waals surface area contributed by atoms with Crippen molar-refractivity contribution in [2.45, 2.75) is 44.9 Å². The van der Waals surface area contributed by atoms with Crippen LogP contribution in [0, 0.1) is 0 Å². The summed E-state index contributed by atoms with van der Waals surface area (Å²) in [7, 11) is 0. The fourth-order valence-electron chi connectivity index (χ4n) is 5.43. The van der Waals surface area contributed by atoms with Gasteiger partial charge in [0.15, 0.2) is 17.0 Å². The minimum atomic E-state index is -0.986. The summed E-state index contributed by atoms with van der Waals surface area (Å²) in [5.41, 5.74) is 2.86. The summed E-state index contributed by atoms with van der Waals surface area (Å²) in [4.78, 5) is 46.0. The summed E-state index contributed by atoms with van der Waals surface area (Å²) < 4.78 is 17.4. The maximum Gasteiger partial charge on any atom is 0.326 e. The Morgan fingerprint density at radius 2 is 1.94 bits per heavy atom. The monoisotopic (exact) mass is 478 g/mol. The topological polar surface area (TPSA) is 105 Å². The van der Waals surface area contributed by atoms with Crippen molar-refractivity contribution in [3.63, 3.8) is 0 Å². The number of rotatable bonds is 4. The Morgan fingerprint density at radius 3 is 2.69 bits per heavy atom. The molecular weight excluding hydrogens is 451 g/mol. The molecule has 2 aliphatic heterocycles. The van der Waals surface area contributed by atoms with Crippen molar-refractivity contribution < 1.29 is 9.18 Å². The predicted octanol–water partition coefficient (Wildman–Crippen LogP) is 2.51. The van der Waals surface area contributed by atoms with E-state index < -0.39 is 6.17 Å². The lowest BCUT2D eigenvalue weighted by molar-refractivity contribution is 0.0766. The summed E-state index contributed by atoms with van der Waals surface area (Å²) in [6, 6.07) is 7.83. The highest BCUT2D eigenvalue weighted by Gasteiger charge is 2.32. The zero-order chi connectivity index (χ0) is 24.1. The van der Waals surface area contributed by atoms with E-state index in [9.17, 15) is 14.0 Å². The summed E-state index contributed by atoms with van der Waals surface area (Å²) >= 11 is 0. The molecule has 0 radical (unpaired) electrons. The summed E-state index contributed by atoms with van der Waals surface area (Å²) in [5, 5.41) is 0. The van der Waals surface area contributed by atoms with Gasteiger partial charge in [-0.3, -0.25) is 9.36 Å². The first-order valence-corrected chi connectivity index (χ1v) is 12.1. The number of imidazole rings is 2. The number of anilines is 1. The van der Waals surface area contributed by atoms with Crippen LogP contribution < -0.4 is 10.6 Å². The highest BCUT2D eigenvalue weighted by molar-refractivity contribution is 5.96. The first-order valence-electron chi connectivity index (χ1n) is 12.1. The number of nitrogens with one attached hydrogen (secondary N) is 1. The van der Waals surface area contributed by atoms with Crippen LogP contribution in [0.1, 0.15) is 42.8 Å². The van der Waals surface area contributed by atoms with E-state index in [1.165, 1.54) is 11.2 Å². The number of fused-ring (bicyclic) bond motifs is 2. The smallest absolute Gasteiger partial charge is 0.326 e. The third-order valence-corrected chi connectivity index (χ3v) is 7.19. The number of carbonyl (C=O) groups excluding carboxylic acids is 1. The van der Waals surface area contributed by atoms with Crippen LogP contribution in [0.2, 0.25) is 0 Å². The summed E-state index contributed by atoms with van der Waals surface area (Å²) in [5.74, 6) is 0.692. The molecule has 6 rings (SSSR count). The van der Waals surface area contributed by atoms with Gasteiger partial charge in [0.25, 0.3) is 5.91 Å². The van der Waals surface area contributed by atoms with Crippen molar-refractivity contribution in [3.8, 4) is 0 Å². The maximum atomic E-state index is 13.7. The minimum Gasteiger partial charge on any atom is -0.355 e. The van der Waals surface area contributed by atoms with E-state index in [-0.39, 0.29) is 30.0 Å². The van der Waals surface area contributed by atoms with Gasteiger partial charge >= 0.3 is 5.69 Å². The zero-order valence-electron chi connectivity index (χ0n) is 19.5. The molecule has 0 bridgehead atoms. The van der Waals surface area contributed by atoms with Gasteiger partial charge in [-0.25, -0.2) is 24.1 Å². The molecule has 0 spiro atoms.